The Morgan fingerprint density at radius 3 is 2.29 bits per heavy atom. The average molecular weight is 241 g/mol. The van der Waals surface area contributed by atoms with Gasteiger partial charge in [0.05, 0.1) is 5.69 Å². The molecule has 2 rings (SSSR count). The van der Waals surface area contributed by atoms with E-state index in [0.29, 0.717) is 17.0 Å². The summed E-state index contributed by atoms with van der Waals surface area (Å²) in [5, 5.41) is 0. The van der Waals surface area contributed by atoms with Gasteiger partial charge in [0.1, 0.15) is 5.82 Å². The van der Waals surface area contributed by atoms with E-state index in [1.165, 1.54) is 6.92 Å². The lowest BCUT2D eigenvalue weighted by Gasteiger charge is -2.15. The number of rotatable bonds is 1. The van der Waals surface area contributed by atoms with E-state index in [-0.39, 0.29) is 5.57 Å². The first kappa shape index (κ1) is 11.4. The minimum atomic E-state index is -1.45. The highest BCUT2D eigenvalue weighted by Gasteiger charge is 2.32. The van der Waals surface area contributed by atoms with Crippen molar-refractivity contribution in [2.24, 2.45) is 0 Å². The van der Waals surface area contributed by atoms with Crippen LogP contribution in [-0.4, -0.2) is 11.8 Å². The zero-order valence-electron chi connectivity index (χ0n) is 8.63. The van der Waals surface area contributed by atoms with Crippen LogP contribution < -0.4 is 4.90 Å². The first-order valence-electron chi connectivity index (χ1n) is 4.63. The molecular formula is C11H6F3NO2. The Morgan fingerprint density at radius 2 is 1.76 bits per heavy atom. The van der Waals surface area contributed by atoms with Gasteiger partial charge in [-0.15, -0.1) is 0 Å². The Labute approximate surface area is 94.1 Å². The number of amides is 2. The van der Waals surface area contributed by atoms with Crippen molar-refractivity contribution in [3.05, 3.63) is 41.2 Å². The molecule has 0 N–H and O–H groups in total. The molecule has 0 saturated heterocycles. The van der Waals surface area contributed by atoms with Gasteiger partial charge in [0.2, 0.25) is 0 Å². The molecule has 0 bridgehead atoms. The first-order valence-corrected chi connectivity index (χ1v) is 4.63. The van der Waals surface area contributed by atoms with E-state index < -0.39 is 35.0 Å². The largest absolute Gasteiger partial charge is 0.269 e. The molecule has 2 amide bonds. The Balaban J connectivity index is 2.56. The molecule has 17 heavy (non-hydrogen) atoms. The van der Waals surface area contributed by atoms with Crippen molar-refractivity contribution >= 4 is 17.5 Å². The van der Waals surface area contributed by atoms with E-state index >= 15 is 0 Å². The fourth-order valence-corrected chi connectivity index (χ4v) is 1.52. The molecule has 1 heterocycles. The SMILES string of the molecule is CC1=CC(=O)N(c2cc(F)cc(F)c2F)C1=O. The quantitative estimate of drug-likeness (QED) is 0.556. The minimum Gasteiger partial charge on any atom is -0.269 e. The van der Waals surface area contributed by atoms with Crippen LogP contribution in [0.4, 0.5) is 18.9 Å². The molecule has 1 aromatic carbocycles. The third kappa shape index (κ3) is 1.71. The highest BCUT2D eigenvalue weighted by Crippen LogP contribution is 2.27. The van der Waals surface area contributed by atoms with Crippen LogP contribution in [-0.2, 0) is 9.59 Å². The summed E-state index contributed by atoms with van der Waals surface area (Å²) in [5.74, 6) is -5.57. The van der Waals surface area contributed by atoms with Crippen LogP contribution in [0.15, 0.2) is 23.8 Å². The molecule has 0 aromatic heterocycles. The van der Waals surface area contributed by atoms with Gasteiger partial charge in [-0.3, -0.25) is 9.59 Å². The smallest absolute Gasteiger partial charge is 0.261 e. The molecule has 1 aliphatic heterocycles. The standard InChI is InChI=1S/C11H6F3NO2/c1-5-2-9(16)15(11(5)17)8-4-6(12)3-7(13)10(8)14/h2-4H,1H3. The van der Waals surface area contributed by atoms with E-state index in [1.807, 2.05) is 0 Å². The zero-order valence-corrected chi connectivity index (χ0v) is 8.63. The topological polar surface area (TPSA) is 37.4 Å². The van der Waals surface area contributed by atoms with Crippen LogP contribution in [0.5, 0.6) is 0 Å². The number of carbonyl (C=O) groups is 2. The number of anilines is 1. The van der Waals surface area contributed by atoms with Crippen molar-refractivity contribution in [3.8, 4) is 0 Å². The van der Waals surface area contributed by atoms with Crippen molar-refractivity contribution in [2.45, 2.75) is 6.92 Å². The average Bonchev–Trinajstić information content (AvgIpc) is 2.48. The Morgan fingerprint density at radius 1 is 1.12 bits per heavy atom. The summed E-state index contributed by atoms with van der Waals surface area (Å²) in [5.41, 5.74) is -0.635. The third-order valence-electron chi connectivity index (χ3n) is 2.32. The van der Waals surface area contributed by atoms with Crippen molar-refractivity contribution in [1.82, 2.24) is 0 Å². The van der Waals surface area contributed by atoms with Gasteiger partial charge in [-0.2, -0.15) is 0 Å². The van der Waals surface area contributed by atoms with Crippen LogP contribution in [0, 0.1) is 17.5 Å². The van der Waals surface area contributed by atoms with Gasteiger partial charge in [0.15, 0.2) is 11.6 Å². The van der Waals surface area contributed by atoms with Crippen molar-refractivity contribution in [1.29, 1.82) is 0 Å². The van der Waals surface area contributed by atoms with Gasteiger partial charge in [0, 0.05) is 23.8 Å². The molecule has 0 saturated carbocycles. The molecule has 0 spiro atoms. The summed E-state index contributed by atoms with van der Waals surface area (Å²) in [7, 11) is 0. The summed E-state index contributed by atoms with van der Waals surface area (Å²) >= 11 is 0. The number of hydrogen-bond donors (Lipinski definition) is 0. The lowest BCUT2D eigenvalue weighted by Crippen LogP contribution is -2.31. The minimum absolute atomic E-state index is 0.0825. The highest BCUT2D eigenvalue weighted by molar-refractivity contribution is 6.30. The molecule has 3 nitrogen and oxygen atoms in total. The molecule has 0 radical (unpaired) electrons. The number of imide groups is 1. The molecule has 6 heteroatoms. The third-order valence-corrected chi connectivity index (χ3v) is 2.32. The van der Waals surface area contributed by atoms with Crippen LogP contribution in [0.2, 0.25) is 0 Å². The molecule has 0 fully saturated rings. The second-order valence-electron chi connectivity index (χ2n) is 3.53. The van der Waals surface area contributed by atoms with Gasteiger partial charge in [-0.25, -0.2) is 18.1 Å². The van der Waals surface area contributed by atoms with Crippen LogP contribution in [0.3, 0.4) is 0 Å². The Bertz CT molecular complexity index is 566. The van der Waals surface area contributed by atoms with Crippen molar-refractivity contribution < 1.29 is 22.8 Å². The number of benzene rings is 1. The highest BCUT2D eigenvalue weighted by atomic mass is 19.2. The normalized spacial score (nSPS) is 15.5. The monoisotopic (exact) mass is 241 g/mol. The summed E-state index contributed by atoms with van der Waals surface area (Å²) in [4.78, 5) is 23.3. The summed E-state index contributed by atoms with van der Waals surface area (Å²) < 4.78 is 39.3. The van der Waals surface area contributed by atoms with Crippen molar-refractivity contribution in [3.63, 3.8) is 0 Å². The molecule has 0 unspecified atom stereocenters. The van der Waals surface area contributed by atoms with E-state index in [1.54, 1.807) is 0 Å². The fourth-order valence-electron chi connectivity index (χ4n) is 1.52. The van der Waals surface area contributed by atoms with E-state index in [9.17, 15) is 22.8 Å². The molecule has 1 aromatic rings. The molecule has 0 aliphatic carbocycles. The summed E-state index contributed by atoms with van der Waals surface area (Å²) in [6.45, 7) is 1.35. The molecular weight excluding hydrogens is 235 g/mol. The lowest BCUT2D eigenvalue weighted by molar-refractivity contribution is -0.120. The second kappa shape index (κ2) is 3.73. The maximum atomic E-state index is 13.4. The van der Waals surface area contributed by atoms with Crippen LogP contribution in [0.25, 0.3) is 0 Å². The number of nitrogens with zero attached hydrogens (tertiary/aromatic N) is 1. The van der Waals surface area contributed by atoms with Crippen molar-refractivity contribution in [2.75, 3.05) is 4.90 Å². The van der Waals surface area contributed by atoms with Gasteiger partial charge in [0.25, 0.3) is 11.8 Å². The summed E-state index contributed by atoms with van der Waals surface area (Å²) in [6.07, 6.45) is 0.977. The Kier molecular flexibility index (Phi) is 2.49. The number of halogens is 3. The zero-order chi connectivity index (χ0) is 12.7. The van der Waals surface area contributed by atoms with E-state index in [2.05, 4.69) is 0 Å². The second-order valence-corrected chi connectivity index (χ2v) is 3.53. The van der Waals surface area contributed by atoms with Gasteiger partial charge in [-0.05, 0) is 6.92 Å². The number of carbonyl (C=O) groups excluding carboxylic acids is 2. The molecule has 88 valence electrons. The Hall–Kier alpha value is -2.11. The van der Waals surface area contributed by atoms with Crippen LogP contribution in [0.1, 0.15) is 6.92 Å². The maximum Gasteiger partial charge on any atom is 0.261 e. The first-order chi connectivity index (χ1) is 7.91. The lowest BCUT2D eigenvalue weighted by atomic mass is 10.2. The van der Waals surface area contributed by atoms with E-state index in [4.69, 9.17) is 0 Å². The number of hydrogen-bond acceptors (Lipinski definition) is 2. The van der Waals surface area contributed by atoms with Gasteiger partial charge < -0.3 is 0 Å². The van der Waals surface area contributed by atoms with Crippen LogP contribution >= 0.6 is 0 Å². The predicted molar refractivity (Wildman–Crippen MR) is 52.6 cm³/mol. The van der Waals surface area contributed by atoms with Gasteiger partial charge in [-0.1, -0.05) is 0 Å². The fraction of sp³-hybridized carbons (Fsp3) is 0.0909. The summed E-state index contributed by atoms with van der Waals surface area (Å²) in [6, 6.07) is 0.935. The maximum absolute atomic E-state index is 13.4. The van der Waals surface area contributed by atoms with Gasteiger partial charge >= 0.3 is 0 Å². The molecule has 0 atom stereocenters. The molecule has 1 aliphatic rings. The predicted octanol–water partition coefficient (Wildman–Crippen LogP) is 1.92. The van der Waals surface area contributed by atoms with E-state index in [0.717, 1.165) is 6.08 Å².